The Balaban J connectivity index is 1.89. The minimum Gasteiger partial charge on any atom is -0.490 e. The number of rotatable bonds is 13. The van der Waals surface area contributed by atoms with Gasteiger partial charge in [0, 0.05) is 13.5 Å². The maximum atomic E-state index is 6.89. The van der Waals surface area contributed by atoms with Crippen LogP contribution in [0, 0.1) is 0 Å². The summed E-state index contributed by atoms with van der Waals surface area (Å²) < 4.78 is 37.1. The molecule has 0 N–H and O–H groups in total. The summed E-state index contributed by atoms with van der Waals surface area (Å²) in [6.07, 6.45) is -0.906. The van der Waals surface area contributed by atoms with Crippen LogP contribution in [-0.4, -0.2) is 53.2 Å². The summed E-state index contributed by atoms with van der Waals surface area (Å²) in [4.78, 5) is 0. The zero-order valence-corrected chi connectivity index (χ0v) is 24.3. The highest BCUT2D eigenvalue weighted by Crippen LogP contribution is 2.41. The standard InChI is InChI=1S/C30H44O6Si/c1-23-27(36-37(6,7)30(2,3)4)29(34-21-25-16-12-9-13-17-25)28(26(35-23)18-19-32-22-31-5)33-20-24-14-10-8-11-15-24/h8-17,26-29H,1,18-22H2,2-7H3/t26-,27+,28-,29-/m0/s1. The Kier molecular flexibility index (Phi) is 10.9. The predicted octanol–water partition coefficient (Wildman–Crippen LogP) is 6.47. The van der Waals surface area contributed by atoms with Gasteiger partial charge in [-0.15, -0.1) is 0 Å². The molecule has 4 atom stereocenters. The van der Waals surface area contributed by atoms with Crippen molar-refractivity contribution in [2.75, 3.05) is 20.5 Å². The second-order valence-corrected chi connectivity index (χ2v) is 15.8. The lowest BCUT2D eigenvalue weighted by atomic mass is 9.95. The summed E-state index contributed by atoms with van der Waals surface area (Å²) in [7, 11) is -0.564. The van der Waals surface area contributed by atoms with Crippen LogP contribution in [0.15, 0.2) is 73.0 Å². The van der Waals surface area contributed by atoms with Crippen molar-refractivity contribution in [2.24, 2.45) is 0 Å². The van der Waals surface area contributed by atoms with Crippen LogP contribution in [0.2, 0.25) is 18.1 Å². The zero-order valence-electron chi connectivity index (χ0n) is 23.3. The molecule has 1 fully saturated rings. The number of benzene rings is 2. The van der Waals surface area contributed by atoms with Crippen molar-refractivity contribution in [3.63, 3.8) is 0 Å². The number of methoxy groups -OCH3 is 1. The van der Waals surface area contributed by atoms with Crippen molar-refractivity contribution in [3.8, 4) is 0 Å². The predicted molar refractivity (Wildman–Crippen MR) is 149 cm³/mol. The molecule has 0 aliphatic carbocycles. The summed E-state index contributed by atoms with van der Waals surface area (Å²) in [6, 6.07) is 20.3. The first kappa shape index (κ1) is 29.6. The van der Waals surface area contributed by atoms with Gasteiger partial charge in [0.2, 0.25) is 0 Å². The van der Waals surface area contributed by atoms with E-state index in [2.05, 4.69) is 64.7 Å². The van der Waals surface area contributed by atoms with Crippen LogP contribution in [0.1, 0.15) is 38.3 Å². The van der Waals surface area contributed by atoms with Gasteiger partial charge in [-0.1, -0.05) is 88.0 Å². The van der Waals surface area contributed by atoms with Gasteiger partial charge in [-0.2, -0.15) is 0 Å². The molecular formula is C30H44O6Si. The number of hydrogen-bond acceptors (Lipinski definition) is 6. The van der Waals surface area contributed by atoms with Crippen LogP contribution in [-0.2, 0) is 41.3 Å². The van der Waals surface area contributed by atoms with Gasteiger partial charge in [-0.3, -0.25) is 0 Å². The molecule has 1 aliphatic rings. The highest BCUT2D eigenvalue weighted by Gasteiger charge is 2.49. The van der Waals surface area contributed by atoms with Gasteiger partial charge in [-0.25, -0.2) is 0 Å². The molecule has 0 amide bonds. The first-order valence-corrected chi connectivity index (χ1v) is 15.9. The van der Waals surface area contributed by atoms with Gasteiger partial charge in [0.25, 0.3) is 0 Å². The van der Waals surface area contributed by atoms with Gasteiger partial charge in [-0.05, 0) is 29.3 Å². The van der Waals surface area contributed by atoms with Gasteiger partial charge >= 0.3 is 0 Å². The second-order valence-electron chi connectivity index (χ2n) is 11.0. The molecule has 0 radical (unpaired) electrons. The minimum absolute atomic E-state index is 0.0164. The summed E-state index contributed by atoms with van der Waals surface area (Å²) in [5, 5.41) is 0.0164. The summed E-state index contributed by atoms with van der Waals surface area (Å²) >= 11 is 0. The fourth-order valence-electron chi connectivity index (χ4n) is 4.01. The second kappa shape index (κ2) is 13.7. The summed E-state index contributed by atoms with van der Waals surface area (Å²) in [6.45, 7) is 17.0. The molecule has 204 valence electrons. The quantitative estimate of drug-likeness (QED) is 0.169. The third kappa shape index (κ3) is 8.50. The lowest BCUT2D eigenvalue weighted by Gasteiger charge is -2.47. The SMILES string of the molecule is C=C1O[C@@H](CCOCOC)[C@H](OCc2ccccc2)[C@@H](OCc2ccccc2)[C@@H]1O[Si](C)(C)C(C)(C)C. The molecule has 6 nitrogen and oxygen atoms in total. The van der Waals surface area contributed by atoms with Crippen LogP contribution in [0.25, 0.3) is 0 Å². The van der Waals surface area contributed by atoms with Crippen molar-refractivity contribution in [3.05, 3.63) is 84.1 Å². The fourth-order valence-corrected chi connectivity index (χ4v) is 5.26. The van der Waals surface area contributed by atoms with Crippen molar-refractivity contribution in [2.45, 2.75) is 83.0 Å². The Morgan fingerprint density at radius 2 is 1.41 bits per heavy atom. The van der Waals surface area contributed by atoms with Crippen molar-refractivity contribution in [1.82, 2.24) is 0 Å². The smallest absolute Gasteiger partial charge is 0.193 e. The van der Waals surface area contributed by atoms with Crippen molar-refractivity contribution < 1.29 is 28.1 Å². The van der Waals surface area contributed by atoms with E-state index in [9.17, 15) is 0 Å². The third-order valence-corrected chi connectivity index (χ3v) is 11.6. The summed E-state index contributed by atoms with van der Waals surface area (Å²) in [5.41, 5.74) is 2.18. The first-order chi connectivity index (χ1) is 17.6. The number of hydrogen-bond donors (Lipinski definition) is 0. The molecule has 1 aliphatic heterocycles. The van der Waals surface area contributed by atoms with Crippen LogP contribution >= 0.6 is 0 Å². The van der Waals surface area contributed by atoms with E-state index in [1.807, 2.05) is 36.4 Å². The monoisotopic (exact) mass is 528 g/mol. The molecule has 0 saturated carbocycles. The third-order valence-electron chi connectivity index (χ3n) is 7.15. The Hall–Kier alpha value is -2.00. The zero-order chi connectivity index (χ0) is 26.9. The minimum atomic E-state index is -2.18. The van der Waals surface area contributed by atoms with Crippen LogP contribution in [0.4, 0.5) is 0 Å². The van der Waals surface area contributed by atoms with E-state index in [1.54, 1.807) is 7.11 Å². The van der Waals surface area contributed by atoms with E-state index in [0.717, 1.165) is 11.1 Å². The van der Waals surface area contributed by atoms with Crippen LogP contribution in [0.5, 0.6) is 0 Å². The molecule has 0 aromatic heterocycles. The summed E-state index contributed by atoms with van der Waals surface area (Å²) in [5.74, 6) is 0.583. The average molecular weight is 529 g/mol. The molecular weight excluding hydrogens is 484 g/mol. The van der Waals surface area contributed by atoms with E-state index in [4.69, 9.17) is 28.1 Å². The van der Waals surface area contributed by atoms with Crippen LogP contribution in [0.3, 0.4) is 0 Å². The van der Waals surface area contributed by atoms with E-state index >= 15 is 0 Å². The van der Waals surface area contributed by atoms with E-state index < -0.39 is 20.5 Å². The molecule has 0 spiro atoms. The molecule has 0 unspecified atom stereocenters. The number of ether oxygens (including phenoxy) is 5. The first-order valence-electron chi connectivity index (χ1n) is 13.0. The topological polar surface area (TPSA) is 55.4 Å². The largest absolute Gasteiger partial charge is 0.490 e. The molecule has 1 saturated heterocycles. The van der Waals surface area contributed by atoms with Gasteiger partial charge in [0.1, 0.15) is 37.0 Å². The van der Waals surface area contributed by atoms with E-state index in [1.165, 1.54) is 0 Å². The maximum absolute atomic E-state index is 6.89. The fraction of sp³-hybridized carbons (Fsp3) is 0.533. The van der Waals surface area contributed by atoms with E-state index in [-0.39, 0.29) is 24.0 Å². The Morgan fingerprint density at radius 1 is 0.865 bits per heavy atom. The Morgan fingerprint density at radius 3 is 1.92 bits per heavy atom. The van der Waals surface area contributed by atoms with Crippen molar-refractivity contribution >= 4 is 8.32 Å². The van der Waals surface area contributed by atoms with Gasteiger partial charge in [0.15, 0.2) is 8.32 Å². The lowest BCUT2D eigenvalue weighted by molar-refractivity contribution is -0.202. The highest BCUT2D eigenvalue weighted by atomic mass is 28.4. The van der Waals surface area contributed by atoms with Crippen molar-refractivity contribution in [1.29, 1.82) is 0 Å². The highest BCUT2D eigenvalue weighted by molar-refractivity contribution is 6.74. The van der Waals surface area contributed by atoms with Gasteiger partial charge in [0.05, 0.1) is 19.8 Å². The molecule has 2 aromatic carbocycles. The molecule has 3 rings (SSSR count). The van der Waals surface area contributed by atoms with E-state index in [0.29, 0.717) is 32.0 Å². The average Bonchev–Trinajstić information content (AvgIpc) is 2.87. The van der Waals surface area contributed by atoms with Crippen LogP contribution < -0.4 is 0 Å². The molecule has 7 heteroatoms. The normalized spacial score (nSPS) is 22.6. The molecule has 0 bridgehead atoms. The lowest BCUT2D eigenvalue weighted by Crippen LogP contribution is -2.58. The Bertz CT molecular complexity index is 944. The molecule has 37 heavy (non-hydrogen) atoms. The maximum Gasteiger partial charge on any atom is 0.193 e. The van der Waals surface area contributed by atoms with Gasteiger partial charge < -0.3 is 28.1 Å². The molecule has 2 aromatic rings. The Labute approximate surface area is 224 Å². The molecule has 1 heterocycles.